The monoisotopic (exact) mass is 297 g/mol. The summed E-state index contributed by atoms with van der Waals surface area (Å²) in [5, 5.41) is 9.16. The Bertz CT molecular complexity index is 839. The molecule has 2 aromatic rings. The van der Waals surface area contributed by atoms with Crippen LogP contribution in [0.5, 0.6) is 0 Å². The van der Waals surface area contributed by atoms with E-state index in [1.165, 1.54) is 30.3 Å². The van der Waals surface area contributed by atoms with Gasteiger partial charge in [-0.1, -0.05) is 11.6 Å². The number of fused-ring (bicyclic) bond motifs is 1. The van der Waals surface area contributed by atoms with E-state index < -0.39 is 11.8 Å². The second kappa shape index (κ2) is 4.62. The molecule has 1 aliphatic rings. The molecule has 2 amide bonds. The maximum atomic E-state index is 12.4. The Morgan fingerprint density at radius 3 is 2.48 bits per heavy atom. The highest BCUT2D eigenvalue weighted by Crippen LogP contribution is 2.34. The first-order valence-corrected chi connectivity index (χ1v) is 6.38. The van der Waals surface area contributed by atoms with Crippen LogP contribution >= 0.6 is 11.6 Å². The molecule has 0 radical (unpaired) electrons. The topological polar surface area (TPSA) is 87.2 Å². The lowest BCUT2D eigenvalue weighted by Gasteiger charge is -2.15. The fraction of sp³-hybridized carbons (Fsp3) is 0. The van der Waals surface area contributed by atoms with Gasteiger partial charge in [-0.05, 0) is 36.4 Å². The number of anilines is 2. The van der Waals surface area contributed by atoms with Gasteiger partial charge in [0, 0.05) is 5.69 Å². The molecule has 0 fully saturated rings. The van der Waals surface area contributed by atoms with Crippen LogP contribution in [-0.2, 0) is 0 Å². The van der Waals surface area contributed by atoms with Gasteiger partial charge >= 0.3 is 0 Å². The van der Waals surface area contributed by atoms with E-state index in [2.05, 4.69) is 0 Å². The number of amides is 2. The predicted octanol–water partition coefficient (Wildman–Crippen LogP) is 2.59. The Morgan fingerprint density at radius 2 is 1.76 bits per heavy atom. The number of nitriles is 1. The number of hydrogen-bond donors (Lipinski definition) is 1. The average Bonchev–Trinajstić information content (AvgIpc) is 2.71. The first-order chi connectivity index (χ1) is 10.0. The van der Waals surface area contributed by atoms with Crippen molar-refractivity contribution < 1.29 is 9.59 Å². The highest BCUT2D eigenvalue weighted by atomic mass is 35.5. The summed E-state index contributed by atoms with van der Waals surface area (Å²) in [6.07, 6.45) is 0. The zero-order chi connectivity index (χ0) is 15.1. The van der Waals surface area contributed by atoms with Gasteiger partial charge in [-0.3, -0.25) is 9.59 Å². The average molecular weight is 298 g/mol. The predicted molar refractivity (Wildman–Crippen MR) is 78.2 cm³/mol. The molecule has 5 nitrogen and oxygen atoms in total. The van der Waals surface area contributed by atoms with Crippen LogP contribution in [0.15, 0.2) is 36.4 Å². The number of halogens is 1. The van der Waals surface area contributed by atoms with Gasteiger partial charge in [-0.2, -0.15) is 5.26 Å². The van der Waals surface area contributed by atoms with E-state index in [1.807, 2.05) is 6.07 Å². The van der Waals surface area contributed by atoms with Crippen molar-refractivity contribution in [2.45, 2.75) is 0 Å². The molecule has 102 valence electrons. The summed E-state index contributed by atoms with van der Waals surface area (Å²) in [5.74, 6) is -0.980. The van der Waals surface area contributed by atoms with E-state index in [0.717, 1.165) is 4.90 Å². The molecule has 1 aliphatic heterocycles. The van der Waals surface area contributed by atoms with Gasteiger partial charge in [-0.25, -0.2) is 4.90 Å². The van der Waals surface area contributed by atoms with Gasteiger partial charge in [0.25, 0.3) is 11.8 Å². The van der Waals surface area contributed by atoms with Crippen LogP contribution < -0.4 is 10.6 Å². The minimum atomic E-state index is -0.501. The molecular weight excluding hydrogens is 290 g/mol. The van der Waals surface area contributed by atoms with Crippen molar-refractivity contribution in [2.24, 2.45) is 0 Å². The summed E-state index contributed by atoms with van der Waals surface area (Å²) in [6.45, 7) is 0. The highest BCUT2D eigenvalue weighted by Gasteiger charge is 2.37. The van der Waals surface area contributed by atoms with Crippen molar-refractivity contribution in [3.63, 3.8) is 0 Å². The summed E-state index contributed by atoms with van der Waals surface area (Å²) in [7, 11) is 0. The van der Waals surface area contributed by atoms with Crippen molar-refractivity contribution in [1.29, 1.82) is 5.26 Å². The minimum absolute atomic E-state index is 0.195. The fourth-order valence-corrected chi connectivity index (χ4v) is 2.43. The smallest absolute Gasteiger partial charge is 0.266 e. The largest absolute Gasteiger partial charge is 0.399 e. The van der Waals surface area contributed by atoms with E-state index in [1.54, 1.807) is 6.07 Å². The molecule has 6 heteroatoms. The summed E-state index contributed by atoms with van der Waals surface area (Å²) in [6, 6.07) is 10.9. The van der Waals surface area contributed by atoms with E-state index in [-0.39, 0.29) is 21.8 Å². The van der Waals surface area contributed by atoms with Gasteiger partial charge in [0.15, 0.2) is 0 Å². The first-order valence-electron chi connectivity index (χ1n) is 6.01. The number of nitrogen functional groups attached to an aromatic ring is 1. The molecule has 0 aliphatic carbocycles. The van der Waals surface area contributed by atoms with Gasteiger partial charge in [0.1, 0.15) is 0 Å². The number of carbonyl (C=O) groups excluding carboxylic acids is 2. The molecule has 0 aromatic heterocycles. The van der Waals surface area contributed by atoms with Crippen molar-refractivity contribution in [2.75, 3.05) is 10.6 Å². The summed E-state index contributed by atoms with van der Waals surface area (Å²) in [5.41, 5.74) is 7.06. The van der Waals surface area contributed by atoms with Crippen molar-refractivity contribution in [3.8, 4) is 6.07 Å². The number of imide groups is 1. The van der Waals surface area contributed by atoms with Gasteiger partial charge in [0.05, 0.1) is 33.5 Å². The summed E-state index contributed by atoms with van der Waals surface area (Å²) >= 11 is 6.06. The minimum Gasteiger partial charge on any atom is -0.399 e. The van der Waals surface area contributed by atoms with Crippen molar-refractivity contribution >= 4 is 34.8 Å². The third-order valence-electron chi connectivity index (χ3n) is 3.23. The zero-order valence-corrected chi connectivity index (χ0v) is 11.4. The van der Waals surface area contributed by atoms with E-state index in [0.29, 0.717) is 11.3 Å². The zero-order valence-electron chi connectivity index (χ0n) is 10.6. The number of benzene rings is 2. The number of rotatable bonds is 1. The maximum Gasteiger partial charge on any atom is 0.266 e. The number of hydrogen-bond acceptors (Lipinski definition) is 4. The number of nitrogens with zero attached hydrogens (tertiary/aromatic N) is 2. The molecule has 2 aromatic carbocycles. The van der Waals surface area contributed by atoms with E-state index in [9.17, 15) is 9.59 Å². The van der Waals surface area contributed by atoms with Gasteiger partial charge in [0.2, 0.25) is 0 Å². The fourth-order valence-electron chi connectivity index (χ4n) is 2.23. The quantitative estimate of drug-likeness (QED) is 0.647. The standard InChI is InChI=1S/C15H8ClN3O2/c16-12-4-1-8(7-17)5-13(12)19-14(20)10-3-2-9(18)6-11(10)15(19)21/h1-6H,18H2. The van der Waals surface area contributed by atoms with E-state index >= 15 is 0 Å². The third kappa shape index (κ3) is 1.93. The molecule has 0 saturated carbocycles. The normalized spacial score (nSPS) is 13.2. The van der Waals surface area contributed by atoms with Crippen LogP contribution in [0, 0.1) is 11.3 Å². The molecular formula is C15H8ClN3O2. The lowest BCUT2D eigenvalue weighted by Crippen LogP contribution is -2.29. The second-order valence-corrected chi connectivity index (χ2v) is 4.94. The molecule has 0 spiro atoms. The number of carbonyl (C=O) groups is 2. The molecule has 1 heterocycles. The summed E-state index contributed by atoms with van der Waals surface area (Å²) < 4.78 is 0. The van der Waals surface area contributed by atoms with Crippen LogP contribution in [0.1, 0.15) is 26.3 Å². The molecule has 2 N–H and O–H groups in total. The summed E-state index contributed by atoms with van der Waals surface area (Å²) in [4.78, 5) is 25.8. The van der Waals surface area contributed by atoms with Crippen LogP contribution in [0.25, 0.3) is 0 Å². The molecule has 0 atom stereocenters. The molecule has 21 heavy (non-hydrogen) atoms. The Kier molecular flexibility index (Phi) is 2.89. The lowest BCUT2D eigenvalue weighted by molar-refractivity contribution is 0.0926. The van der Waals surface area contributed by atoms with E-state index in [4.69, 9.17) is 22.6 Å². The van der Waals surface area contributed by atoms with Crippen LogP contribution in [0.3, 0.4) is 0 Å². The Labute approximate surface area is 125 Å². The van der Waals surface area contributed by atoms with Crippen LogP contribution in [0.4, 0.5) is 11.4 Å². The Morgan fingerprint density at radius 1 is 1.05 bits per heavy atom. The SMILES string of the molecule is N#Cc1ccc(Cl)c(N2C(=O)c3ccc(N)cc3C2=O)c1. The number of nitrogens with two attached hydrogens (primary N) is 1. The molecule has 3 rings (SSSR count). The molecule has 0 saturated heterocycles. The van der Waals surface area contributed by atoms with Crippen molar-refractivity contribution in [3.05, 3.63) is 58.1 Å². The van der Waals surface area contributed by atoms with Crippen LogP contribution in [0.2, 0.25) is 5.02 Å². The molecule has 0 unspecified atom stereocenters. The third-order valence-corrected chi connectivity index (χ3v) is 3.55. The molecule has 0 bridgehead atoms. The highest BCUT2D eigenvalue weighted by molar-refractivity contribution is 6.39. The van der Waals surface area contributed by atoms with Crippen molar-refractivity contribution in [1.82, 2.24) is 0 Å². The van der Waals surface area contributed by atoms with Crippen LogP contribution in [-0.4, -0.2) is 11.8 Å². The maximum absolute atomic E-state index is 12.4. The van der Waals surface area contributed by atoms with Gasteiger partial charge < -0.3 is 5.73 Å². The Balaban J connectivity index is 2.17. The second-order valence-electron chi connectivity index (χ2n) is 4.53. The van der Waals surface area contributed by atoms with Gasteiger partial charge in [-0.15, -0.1) is 0 Å². The lowest BCUT2D eigenvalue weighted by atomic mass is 10.1. The Hall–Kier alpha value is -2.84. The first kappa shape index (κ1) is 13.2.